The van der Waals surface area contributed by atoms with Crippen molar-refractivity contribution < 1.29 is 17.9 Å². The topological polar surface area (TPSA) is 85.4 Å². The van der Waals surface area contributed by atoms with Crippen LogP contribution in [0.25, 0.3) is 0 Å². The maximum Gasteiger partial charge on any atom is 0.251 e. The molecule has 1 aliphatic rings. The third-order valence-electron chi connectivity index (χ3n) is 5.15. The molecule has 0 spiro atoms. The zero-order chi connectivity index (χ0) is 21.1. The number of benzene rings is 2. The highest BCUT2D eigenvalue weighted by Gasteiger charge is 2.21. The van der Waals surface area contributed by atoms with E-state index < -0.39 is 9.84 Å². The minimum Gasteiger partial charge on any atom is -0.493 e. The van der Waals surface area contributed by atoms with Gasteiger partial charge in [0, 0.05) is 30.9 Å². The van der Waals surface area contributed by atoms with Gasteiger partial charge in [0.25, 0.3) is 5.91 Å². The molecule has 0 radical (unpaired) electrons. The first kappa shape index (κ1) is 20.1. The van der Waals surface area contributed by atoms with Crippen molar-refractivity contribution in [3.8, 4) is 5.75 Å². The monoisotopic (exact) mass is 422 g/mol. The van der Waals surface area contributed by atoms with Crippen LogP contribution in [-0.2, 0) is 28.6 Å². The molecule has 2 aromatic carbocycles. The molecule has 2 heterocycles. The number of aromatic nitrogens is 1. The van der Waals surface area contributed by atoms with Crippen LogP contribution in [0.4, 0.5) is 0 Å². The van der Waals surface area contributed by atoms with Gasteiger partial charge in [0.2, 0.25) is 0 Å². The quantitative estimate of drug-likeness (QED) is 0.659. The maximum atomic E-state index is 13.0. The number of sulfone groups is 1. The Labute approximate surface area is 175 Å². The van der Waals surface area contributed by atoms with E-state index in [0.29, 0.717) is 30.7 Å². The summed E-state index contributed by atoms with van der Waals surface area (Å²) in [7, 11) is -3.55. The second kappa shape index (κ2) is 8.28. The highest BCUT2D eigenvalue weighted by Crippen LogP contribution is 2.29. The molecular formula is C23H22N2O4S. The lowest BCUT2D eigenvalue weighted by molar-refractivity contribution is 0.0950. The number of nitrogens with zero attached hydrogens (tertiary/aromatic N) is 1. The van der Waals surface area contributed by atoms with E-state index in [1.54, 1.807) is 54.9 Å². The second-order valence-corrected chi connectivity index (χ2v) is 9.30. The summed E-state index contributed by atoms with van der Waals surface area (Å²) in [6.07, 6.45) is 4.07. The van der Waals surface area contributed by atoms with Crippen molar-refractivity contribution in [1.82, 2.24) is 10.3 Å². The van der Waals surface area contributed by atoms with Crippen molar-refractivity contribution in [2.24, 2.45) is 0 Å². The van der Waals surface area contributed by atoms with Crippen molar-refractivity contribution in [3.05, 3.63) is 88.7 Å². The average molecular weight is 423 g/mol. The van der Waals surface area contributed by atoms with Crippen LogP contribution in [-0.4, -0.2) is 25.9 Å². The molecule has 1 aromatic heterocycles. The van der Waals surface area contributed by atoms with Crippen LogP contribution in [0.15, 0.2) is 65.8 Å². The fourth-order valence-corrected chi connectivity index (χ4v) is 4.88. The van der Waals surface area contributed by atoms with E-state index in [9.17, 15) is 13.2 Å². The van der Waals surface area contributed by atoms with Gasteiger partial charge in [0.15, 0.2) is 9.84 Å². The van der Waals surface area contributed by atoms with E-state index >= 15 is 0 Å². The summed E-state index contributed by atoms with van der Waals surface area (Å²) in [5.41, 5.74) is 3.67. The minimum atomic E-state index is -3.55. The molecule has 0 atom stereocenters. The lowest BCUT2D eigenvalue weighted by atomic mass is 10.1. The SMILES string of the molecule is Cc1ccc(C(=O)NCc2cccnc2)cc1CS(=O)(=O)c1ccc2c(c1)CCO2. The number of amides is 1. The van der Waals surface area contributed by atoms with Gasteiger partial charge < -0.3 is 10.1 Å². The highest BCUT2D eigenvalue weighted by molar-refractivity contribution is 7.90. The largest absolute Gasteiger partial charge is 0.493 e. The first-order chi connectivity index (χ1) is 14.4. The highest BCUT2D eigenvalue weighted by atomic mass is 32.2. The lowest BCUT2D eigenvalue weighted by Crippen LogP contribution is -2.23. The Morgan fingerprint density at radius 1 is 1.17 bits per heavy atom. The van der Waals surface area contributed by atoms with Gasteiger partial charge in [-0.05, 0) is 65.6 Å². The summed E-state index contributed by atoms with van der Waals surface area (Å²) in [5, 5.41) is 2.84. The van der Waals surface area contributed by atoms with Crippen molar-refractivity contribution >= 4 is 15.7 Å². The van der Waals surface area contributed by atoms with Crippen LogP contribution < -0.4 is 10.1 Å². The van der Waals surface area contributed by atoms with E-state index in [1.807, 2.05) is 13.0 Å². The van der Waals surface area contributed by atoms with Gasteiger partial charge in [-0.25, -0.2) is 8.42 Å². The van der Waals surface area contributed by atoms with Gasteiger partial charge in [-0.1, -0.05) is 12.1 Å². The predicted octanol–water partition coefficient (Wildman–Crippen LogP) is 3.23. The first-order valence-corrected chi connectivity index (χ1v) is 11.3. The molecule has 4 rings (SSSR count). The normalized spacial score (nSPS) is 12.8. The van der Waals surface area contributed by atoms with E-state index in [2.05, 4.69) is 10.3 Å². The number of carbonyl (C=O) groups is 1. The first-order valence-electron chi connectivity index (χ1n) is 9.67. The lowest BCUT2D eigenvalue weighted by Gasteiger charge is -2.11. The number of aryl methyl sites for hydroxylation is 1. The molecule has 0 aliphatic carbocycles. The summed E-state index contributed by atoms with van der Waals surface area (Å²) < 4.78 is 31.5. The molecule has 0 bridgehead atoms. The van der Waals surface area contributed by atoms with E-state index in [-0.39, 0.29) is 16.6 Å². The fourth-order valence-electron chi connectivity index (χ4n) is 3.40. The Hall–Kier alpha value is -3.19. The molecule has 30 heavy (non-hydrogen) atoms. The summed E-state index contributed by atoms with van der Waals surface area (Å²) >= 11 is 0. The summed E-state index contributed by atoms with van der Waals surface area (Å²) in [6.45, 7) is 2.78. The zero-order valence-electron chi connectivity index (χ0n) is 16.6. The summed E-state index contributed by atoms with van der Waals surface area (Å²) in [4.78, 5) is 16.9. The van der Waals surface area contributed by atoms with Gasteiger partial charge in [-0.2, -0.15) is 0 Å². The van der Waals surface area contributed by atoms with Gasteiger partial charge in [0.05, 0.1) is 17.3 Å². The molecule has 6 nitrogen and oxygen atoms in total. The number of hydrogen-bond acceptors (Lipinski definition) is 5. The number of ether oxygens (including phenoxy) is 1. The molecule has 0 saturated heterocycles. The van der Waals surface area contributed by atoms with Crippen molar-refractivity contribution in [2.75, 3.05) is 6.61 Å². The van der Waals surface area contributed by atoms with Crippen LogP contribution >= 0.6 is 0 Å². The van der Waals surface area contributed by atoms with Crippen LogP contribution in [0.3, 0.4) is 0 Å². The average Bonchev–Trinajstić information content (AvgIpc) is 3.22. The Bertz CT molecular complexity index is 1190. The molecular weight excluding hydrogens is 400 g/mol. The van der Waals surface area contributed by atoms with Crippen LogP contribution in [0, 0.1) is 6.92 Å². The van der Waals surface area contributed by atoms with Gasteiger partial charge in [-0.3, -0.25) is 9.78 Å². The minimum absolute atomic E-state index is 0.164. The molecule has 0 unspecified atom stereocenters. The molecule has 1 aliphatic heterocycles. The summed E-state index contributed by atoms with van der Waals surface area (Å²) in [6, 6.07) is 13.8. The third-order valence-corrected chi connectivity index (χ3v) is 6.82. The van der Waals surface area contributed by atoms with E-state index in [4.69, 9.17) is 4.74 Å². The Morgan fingerprint density at radius 2 is 2.03 bits per heavy atom. The van der Waals surface area contributed by atoms with Crippen LogP contribution in [0.5, 0.6) is 5.75 Å². The smallest absolute Gasteiger partial charge is 0.251 e. The van der Waals surface area contributed by atoms with Gasteiger partial charge in [0.1, 0.15) is 5.75 Å². The molecule has 7 heteroatoms. The molecule has 3 aromatic rings. The number of nitrogens with one attached hydrogen (secondary N) is 1. The van der Waals surface area contributed by atoms with Crippen molar-refractivity contribution in [2.45, 2.75) is 30.5 Å². The van der Waals surface area contributed by atoms with Crippen molar-refractivity contribution in [3.63, 3.8) is 0 Å². The number of pyridine rings is 1. The van der Waals surface area contributed by atoms with Crippen LogP contribution in [0.1, 0.15) is 32.6 Å². The Morgan fingerprint density at radius 3 is 2.83 bits per heavy atom. The maximum absolute atomic E-state index is 13.0. The summed E-state index contributed by atoms with van der Waals surface area (Å²) in [5.74, 6) is 0.326. The molecule has 1 N–H and O–H groups in total. The number of rotatable bonds is 6. The van der Waals surface area contributed by atoms with E-state index in [1.165, 1.54) is 0 Å². The van der Waals surface area contributed by atoms with E-state index in [0.717, 1.165) is 22.4 Å². The molecule has 1 amide bonds. The van der Waals surface area contributed by atoms with Crippen molar-refractivity contribution in [1.29, 1.82) is 0 Å². The number of carbonyl (C=O) groups excluding carboxylic acids is 1. The standard InChI is InChI=1S/C23H22N2O4S/c1-16-4-5-19(23(26)25-14-17-3-2-9-24-13-17)11-20(16)15-30(27,28)21-6-7-22-18(12-21)8-10-29-22/h2-7,9,11-13H,8,10,14-15H2,1H3,(H,25,26). The number of hydrogen-bond donors (Lipinski definition) is 1. The predicted molar refractivity (Wildman–Crippen MR) is 113 cm³/mol. The molecule has 154 valence electrons. The van der Waals surface area contributed by atoms with Gasteiger partial charge in [-0.15, -0.1) is 0 Å². The Balaban J connectivity index is 1.52. The van der Waals surface area contributed by atoms with Gasteiger partial charge >= 0.3 is 0 Å². The third kappa shape index (κ3) is 4.36. The zero-order valence-corrected chi connectivity index (χ0v) is 17.4. The second-order valence-electron chi connectivity index (χ2n) is 7.31. The molecule has 0 fully saturated rings. The van der Waals surface area contributed by atoms with Crippen LogP contribution in [0.2, 0.25) is 0 Å². The fraction of sp³-hybridized carbons (Fsp3) is 0.217. The number of fused-ring (bicyclic) bond motifs is 1. The molecule has 0 saturated carbocycles. The Kier molecular flexibility index (Phi) is 5.55.